The number of aliphatic hydroxyl groups is 1. The Kier molecular flexibility index (Phi) is 4.45. The minimum absolute atomic E-state index is 0.186. The summed E-state index contributed by atoms with van der Waals surface area (Å²) >= 11 is 0. The fourth-order valence-corrected chi connectivity index (χ4v) is 2.56. The van der Waals surface area contributed by atoms with Gasteiger partial charge in [-0.05, 0) is 26.0 Å². The van der Waals surface area contributed by atoms with Crippen LogP contribution in [0.2, 0.25) is 0 Å². The molecular formula is C12H17NO3S. The quantitative estimate of drug-likeness (QED) is 0.777. The summed E-state index contributed by atoms with van der Waals surface area (Å²) in [5.74, 6) is 0. The van der Waals surface area contributed by atoms with E-state index in [-0.39, 0.29) is 4.90 Å². The van der Waals surface area contributed by atoms with Crippen molar-refractivity contribution in [2.24, 2.45) is 0 Å². The van der Waals surface area contributed by atoms with Crippen LogP contribution in [0.15, 0.2) is 41.8 Å². The van der Waals surface area contributed by atoms with Crippen molar-refractivity contribution < 1.29 is 13.5 Å². The van der Waals surface area contributed by atoms with Gasteiger partial charge in [0.25, 0.3) is 0 Å². The Hall–Kier alpha value is -1.17. The Morgan fingerprint density at radius 2 is 1.88 bits per heavy atom. The molecule has 0 unspecified atom stereocenters. The van der Waals surface area contributed by atoms with E-state index in [0.717, 1.165) is 5.56 Å². The zero-order valence-electron chi connectivity index (χ0n) is 9.92. The molecule has 1 rings (SSSR count). The lowest BCUT2D eigenvalue weighted by molar-refractivity contribution is 0.191. The van der Waals surface area contributed by atoms with Crippen molar-refractivity contribution in [3.05, 3.63) is 42.5 Å². The Labute approximate surface area is 102 Å². The zero-order chi connectivity index (χ0) is 13.1. The Morgan fingerprint density at radius 1 is 1.35 bits per heavy atom. The predicted octanol–water partition coefficient (Wildman–Crippen LogP) is 1.21. The normalized spacial score (nSPS) is 15.2. The van der Waals surface area contributed by atoms with Gasteiger partial charge in [0.2, 0.25) is 10.0 Å². The highest BCUT2D eigenvalue weighted by atomic mass is 32.2. The molecule has 0 heterocycles. The summed E-state index contributed by atoms with van der Waals surface area (Å²) in [6, 6.07) is 5.90. The van der Waals surface area contributed by atoms with E-state index in [1.54, 1.807) is 19.1 Å². The summed E-state index contributed by atoms with van der Waals surface area (Å²) in [4.78, 5) is 0.186. The monoisotopic (exact) mass is 255 g/mol. The molecule has 1 aromatic carbocycles. The smallest absolute Gasteiger partial charge is 0.240 e. The van der Waals surface area contributed by atoms with Gasteiger partial charge in [0, 0.05) is 6.04 Å². The van der Waals surface area contributed by atoms with E-state index in [1.807, 2.05) is 6.92 Å². The first-order valence-electron chi connectivity index (χ1n) is 5.26. The van der Waals surface area contributed by atoms with Crippen molar-refractivity contribution in [2.45, 2.75) is 30.9 Å². The molecule has 0 saturated heterocycles. The largest absolute Gasteiger partial charge is 0.387 e. The molecule has 0 fully saturated rings. The minimum Gasteiger partial charge on any atom is -0.387 e. The molecule has 17 heavy (non-hydrogen) atoms. The maximum absolute atomic E-state index is 11.9. The van der Waals surface area contributed by atoms with Crippen LogP contribution in [-0.4, -0.2) is 25.7 Å². The summed E-state index contributed by atoms with van der Waals surface area (Å²) in [5, 5.41) is 9.44. The molecule has 94 valence electrons. The molecule has 0 aliphatic rings. The Balaban J connectivity index is 2.89. The molecule has 0 aliphatic heterocycles. The van der Waals surface area contributed by atoms with Crippen LogP contribution in [0.1, 0.15) is 12.5 Å². The topological polar surface area (TPSA) is 66.4 Å². The van der Waals surface area contributed by atoms with Crippen molar-refractivity contribution in [1.82, 2.24) is 4.72 Å². The maximum atomic E-state index is 11.9. The predicted molar refractivity (Wildman–Crippen MR) is 67.2 cm³/mol. The van der Waals surface area contributed by atoms with Crippen molar-refractivity contribution in [2.75, 3.05) is 0 Å². The van der Waals surface area contributed by atoms with Gasteiger partial charge in [-0.2, -0.15) is 0 Å². The summed E-state index contributed by atoms with van der Waals surface area (Å²) in [6.07, 6.45) is 0.387. The zero-order valence-corrected chi connectivity index (χ0v) is 10.7. The second-order valence-corrected chi connectivity index (χ2v) is 5.66. The number of benzene rings is 1. The first kappa shape index (κ1) is 13.9. The maximum Gasteiger partial charge on any atom is 0.240 e. The van der Waals surface area contributed by atoms with Crippen molar-refractivity contribution >= 4 is 10.0 Å². The van der Waals surface area contributed by atoms with E-state index >= 15 is 0 Å². The van der Waals surface area contributed by atoms with Crippen molar-refractivity contribution in [1.29, 1.82) is 0 Å². The van der Waals surface area contributed by atoms with Crippen LogP contribution in [-0.2, 0) is 10.0 Å². The van der Waals surface area contributed by atoms with E-state index in [9.17, 15) is 13.5 Å². The van der Waals surface area contributed by atoms with Crippen LogP contribution in [0, 0.1) is 6.92 Å². The molecule has 0 spiro atoms. The van der Waals surface area contributed by atoms with E-state index in [2.05, 4.69) is 11.3 Å². The average Bonchev–Trinajstić information content (AvgIpc) is 2.27. The molecule has 2 atom stereocenters. The first-order chi connectivity index (χ1) is 7.86. The molecular weight excluding hydrogens is 238 g/mol. The van der Waals surface area contributed by atoms with E-state index in [1.165, 1.54) is 18.2 Å². The SMILES string of the molecule is C=C[C@H](O)[C@H](C)NS(=O)(=O)c1ccc(C)cc1. The Morgan fingerprint density at radius 3 is 2.35 bits per heavy atom. The molecule has 2 N–H and O–H groups in total. The highest BCUT2D eigenvalue weighted by Gasteiger charge is 2.20. The fourth-order valence-electron chi connectivity index (χ4n) is 1.30. The van der Waals surface area contributed by atoms with Crippen LogP contribution in [0.4, 0.5) is 0 Å². The summed E-state index contributed by atoms with van der Waals surface area (Å²) in [5.41, 5.74) is 0.989. The van der Waals surface area contributed by atoms with Crippen LogP contribution in [0.25, 0.3) is 0 Å². The summed E-state index contributed by atoms with van der Waals surface area (Å²) < 4.78 is 26.2. The van der Waals surface area contributed by atoms with Crippen LogP contribution in [0.3, 0.4) is 0 Å². The molecule has 1 aromatic rings. The lowest BCUT2D eigenvalue weighted by atomic mass is 10.2. The van der Waals surface area contributed by atoms with Gasteiger partial charge in [-0.25, -0.2) is 13.1 Å². The van der Waals surface area contributed by atoms with E-state index in [0.29, 0.717) is 0 Å². The first-order valence-corrected chi connectivity index (χ1v) is 6.75. The van der Waals surface area contributed by atoms with Gasteiger partial charge in [-0.15, -0.1) is 6.58 Å². The Bertz CT molecular complexity index is 479. The summed E-state index contributed by atoms with van der Waals surface area (Å²) in [7, 11) is -3.59. The molecule has 4 nitrogen and oxygen atoms in total. The molecule has 0 amide bonds. The molecule has 0 radical (unpaired) electrons. The van der Waals surface area contributed by atoms with Gasteiger partial charge in [0.15, 0.2) is 0 Å². The van der Waals surface area contributed by atoms with Crippen LogP contribution < -0.4 is 4.72 Å². The number of nitrogens with one attached hydrogen (secondary N) is 1. The van der Waals surface area contributed by atoms with Gasteiger partial charge < -0.3 is 5.11 Å². The molecule has 0 aromatic heterocycles. The second kappa shape index (κ2) is 5.44. The second-order valence-electron chi connectivity index (χ2n) is 3.95. The highest BCUT2D eigenvalue weighted by molar-refractivity contribution is 7.89. The fraction of sp³-hybridized carbons (Fsp3) is 0.333. The number of hydrogen-bond acceptors (Lipinski definition) is 3. The van der Waals surface area contributed by atoms with Crippen LogP contribution in [0.5, 0.6) is 0 Å². The molecule has 0 saturated carbocycles. The number of sulfonamides is 1. The average molecular weight is 255 g/mol. The van der Waals surface area contributed by atoms with Crippen molar-refractivity contribution in [3.63, 3.8) is 0 Å². The van der Waals surface area contributed by atoms with Crippen LogP contribution >= 0.6 is 0 Å². The van der Waals surface area contributed by atoms with Gasteiger partial charge in [0.1, 0.15) is 0 Å². The lowest BCUT2D eigenvalue weighted by Crippen LogP contribution is -2.40. The van der Waals surface area contributed by atoms with Gasteiger partial charge in [-0.1, -0.05) is 23.8 Å². The van der Waals surface area contributed by atoms with Gasteiger partial charge in [-0.3, -0.25) is 0 Å². The summed E-state index contributed by atoms with van der Waals surface area (Å²) in [6.45, 7) is 6.88. The number of aliphatic hydroxyl groups excluding tert-OH is 1. The number of rotatable bonds is 5. The standard InChI is InChI=1S/C12H17NO3S/c1-4-12(14)10(3)13-17(15,16)11-7-5-9(2)6-8-11/h4-8,10,12-14H,1H2,2-3H3/t10-,12-/m0/s1. The number of hydrogen-bond donors (Lipinski definition) is 2. The molecule has 0 bridgehead atoms. The third-order valence-corrected chi connectivity index (χ3v) is 4.00. The third-order valence-electron chi connectivity index (χ3n) is 2.43. The number of aryl methyl sites for hydroxylation is 1. The minimum atomic E-state index is -3.59. The molecule has 0 aliphatic carbocycles. The van der Waals surface area contributed by atoms with E-state index < -0.39 is 22.2 Å². The van der Waals surface area contributed by atoms with Crippen molar-refractivity contribution in [3.8, 4) is 0 Å². The highest BCUT2D eigenvalue weighted by Crippen LogP contribution is 2.11. The van der Waals surface area contributed by atoms with Gasteiger partial charge in [0.05, 0.1) is 11.0 Å². The lowest BCUT2D eigenvalue weighted by Gasteiger charge is -2.17. The van der Waals surface area contributed by atoms with Gasteiger partial charge >= 0.3 is 0 Å². The van der Waals surface area contributed by atoms with E-state index in [4.69, 9.17) is 0 Å². The third kappa shape index (κ3) is 3.66. The molecule has 5 heteroatoms.